The van der Waals surface area contributed by atoms with Crippen LogP contribution in [0.2, 0.25) is 10.0 Å². The van der Waals surface area contributed by atoms with Crippen LogP contribution in [-0.4, -0.2) is 22.0 Å². The number of anilines is 2. The summed E-state index contributed by atoms with van der Waals surface area (Å²) in [7, 11) is 0. The zero-order valence-electron chi connectivity index (χ0n) is 16.2. The number of aromatic nitrogens is 2. The Morgan fingerprint density at radius 3 is 2.74 bits per heavy atom. The zero-order valence-corrected chi connectivity index (χ0v) is 19.4. The molecule has 0 aliphatic carbocycles. The fourth-order valence-corrected chi connectivity index (χ4v) is 5.77. The number of halogens is 2. The second-order valence-corrected chi connectivity index (χ2v) is 10.0. The van der Waals surface area contributed by atoms with Crippen molar-refractivity contribution in [2.75, 3.05) is 10.6 Å². The van der Waals surface area contributed by atoms with Gasteiger partial charge in [0, 0.05) is 33.8 Å². The van der Waals surface area contributed by atoms with Crippen LogP contribution in [0, 0.1) is 5.92 Å². The molecule has 3 aromatic rings. The summed E-state index contributed by atoms with van der Waals surface area (Å²) in [5.41, 5.74) is 2.78. The van der Waals surface area contributed by atoms with Gasteiger partial charge in [0.15, 0.2) is 4.34 Å². The Labute approximate surface area is 197 Å². The molecule has 6 nitrogen and oxygen atoms in total. The molecular weight excluding hydrogens is 475 g/mol. The van der Waals surface area contributed by atoms with Gasteiger partial charge in [0.25, 0.3) is 0 Å². The van der Waals surface area contributed by atoms with Gasteiger partial charge in [0.05, 0.1) is 0 Å². The number of para-hydroxylation sites is 1. The number of benzene rings is 2. The van der Waals surface area contributed by atoms with Crippen molar-refractivity contribution < 1.29 is 9.59 Å². The van der Waals surface area contributed by atoms with E-state index in [9.17, 15) is 9.59 Å². The van der Waals surface area contributed by atoms with E-state index >= 15 is 0 Å². The molecule has 1 aromatic heterocycles. The van der Waals surface area contributed by atoms with Gasteiger partial charge in [-0.25, -0.2) is 0 Å². The predicted molar refractivity (Wildman–Crippen MR) is 126 cm³/mol. The first-order valence-electron chi connectivity index (χ1n) is 9.57. The number of fused-ring (bicyclic) bond motifs is 1. The lowest BCUT2D eigenvalue weighted by Crippen LogP contribution is -2.30. The van der Waals surface area contributed by atoms with E-state index in [2.05, 4.69) is 20.8 Å². The molecule has 2 heterocycles. The molecule has 31 heavy (non-hydrogen) atoms. The summed E-state index contributed by atoms with van der Waals surface area (Å²) in [5.74, 6) is 0.105. The summed E-state index contributed by atoms with van der Waals surface area (Å²) in [4.78, 5) is 24.6. The SMILES string of the molecule is O=C(CCC1Cc2ccccc2NC1=O)Nc1nnc(SCc2c(Cl)cccc2Cl)s1. The summed E-state index contributed by atoms with van der Waals surface area (Å²) in [6.45, 7) is 0. The third-order valence-corrected chi connectivity index (χ3v) is 7.59. The van der Waals surface area contributed by atoms with Crippen LogP contribution in [0.5, 0.6) is 0 Å². The maximum atomic E-state index is 12.3. The third kappa shape index (κ3) is 5.57. The number of hydrogen-bond donors (Lipinski definition) is 2. The third-order valence-electron chi connectivity index (χ3n) is 4.89. The molecule has 2 aromatic carbocycles. The lowest BCUT2D eigenvalue weighted by atomic mass is 9.89. The Hall–Kier alpha value is -2.13. The Morgan fingerprint density at radius 1 is 1.16 bits per heavy atom. The molecule has 2 amide bonds. The Morgan fingerprint density at radius 2 is 1.94 bits per heavy atom. The van der Waals surface area contributed by atoms with Crippen LogP contribution in [0.3, 0.4) is 0 Å². The molecule has 0 saturated carbocycles. The highest BCUT2D eigenvalue weighted by molar-refractivity contribution is 8.00. The van der Waals surface area contributed by atoms with E-state index in [0.29, 0.717) is 38.1 Å². The van der Waals surface area contributed by atoms with Crippen molar-refractivity contribution in [2.45, 2.75) is 29.4 Å². The maximum absolute atomic E-state index is 12.3. The minimum atomic E-state index is -0.221. The molecule has 4 rings (SSSR count). The monoisotopic (exact) mass is 492 g/mol. The molecule has 1 aliphatic rings. The van der Waals surface area contributed by atoms with Crippen molar-refractivity contribution in [1.82, 2.24) is 10.2 Å². The van der Waals surface area contributed by atoms with Crippen LogP contribution in [0.15, 0.2) is 46.8 Å². The van der Waals surface area contributed by atoms with Crippen molar-refractivity contribution in [3.05, 3.63) is 63.6 Å². The number of thioether (sulfide) groups is 1. The molecule has 1 unspecified atom stereocenters. The molecule has 0 fully saturated rings. The van der Waals surface area contributed by atoms with Crippen LogP contribution in [-0.2, 0) is 21.8 Å². The quantitative estimate of drug-likeness (QED) is 0.328. The van der Waals surface area contributed by atoms with Crippen LogP contribution in [0.1, 0.15) is 24.0 Å². The summed E-state index contributed by atoms with van der Waals surface area (Å²) < 4.78 is 0.703. The highest BCUT2D eigenvalue weighted by Gasteiger charge is 2.26. The molecule has 0 bridgehead atoms. The standard InChI is InChI=1S/C21H18Cl2N4O2S2/c22-15-5-3-6-16(23)14(15)11-30-21-27-26-20(31-21)25-18(28)9-8-13-10-12-4-1-2-7-17(12)24-19(13)29/h1-7,13H,8-11H2,(H,24,29)(H,25,26,28). The molecule has 0 radical (unpaired) electrons. The topological polar surface area (TPSA) is 84.0 Å². The van der Waals surface area contributed by atoms with E-state index in [0.717, 1.165) is 16.8 Å². The lowest BCUT2D eigenvalue weighted by Gasteiger charge is -2.24. The van der Waals surface area contributed by atoms with Crippen molar-refractivity contribution in [3.63, 3.8) is 0 Å². The van der Waals surface area contributed by atoms with Crippen molar-refractivity contribution in [1.29, 1.82) is 0 Å². The van der Waals surface area contributed by atoms with Gasteiger partial charge in [0.1, 0.15) is 0 Å². The van der Waals surface area contributed by atoms with Gasteiger partial charge in [-0.3, -0.25) is 9.59 Å². The summed E-state index contributed by atoms with van der Waals surface area (Å²) in [5, 5.41) is 15.4. The normalized spacial score (nSPS) is 15.3. The average molecular weight is 493 g/mol. The fraction of sp³-hybridized carbons (Fsp3) is 0.238. The van der Waals surface area contributed by atoms with Gasteiger partial charge < -0.3 is 10.6 Å². The van der Waals surface area contributed by atoms with Gasteiger partial charge in [-0.1, -0.05) is 70.6 Å². The Bertz CT molecular complexity index is 1100. The minimum absolute atomic E-state index is 0.0423. The number of carbonyl (C=O) groups is 2. The predicted octanol–water partition coefficient (Wildman–Crippen LogP) is 5.67. The molecule has 10 heteroatoms. The number of nitrogens with one attached hydrogen (secondary N) is 2. The van der Waals surface area contributed by atoms with E-state index < -0.39 is 0 Å². The number of rotatable bonds is 7. The zero-order chi connectivity index (χ0) is 21.8. The molecule has 0 spiro atoms. The van der Waals surface area contributed by atoms with Crippen LogP contribution in [0.25, 0.3) is 0 Å². The maximum Gasteiger partial charge on any atom is 0.227 e. The highest BCUT2D eigenvalue weighted by atomic mass is 35.5. The first kappa shape index (κ1) is 22.1. The van der Waals surface area contributed by atoms with Gasteiger partial charge in [-0.2, -0.15) is 0 Å². The van der Waals surface area contributed by atoms with Crippen LogP contribution >= 0.6 is 46.3 Å². The van der Waals surface area contributed by atoms with E-state index in [1.54, 1.807) is 18.2 Å². The molecule has 160 valence electrons. The van der Waals surface area contributed by atoms with Crippen LogP contribution < -0.4 is 10.6 Å². The smallest absolute Gasteiger partial charge is 0.227 e. The average Bonchev–Trinajstić information content (AvgIpc) is 3.19. The fourth-order valence-electron chi connectivity index (χ4n) is 3.26. The molecule has 1 atom stereocenters. The number of nitrogens with zero attached hydrogens (tertiary/aromatic N) is 2. The lowest BCUT2D eigenvalue weighted by molar-refractivity contribution is -0.121. The molecule has 2 N–H and O–H groups in total. The molecular formula is C21H18Cl2N4O2S2. The Balaban J connectivity index is 1.27. The van der Waals surface area contributed by atoms with E-state index in [4.69, 9.17) is 23.2 Å². The van der Waals surface area contributed by atoms with Crippen molar-refractivity contribution in [2.24, 2.45) is 5.92 Å². The summed E-state index contributed by atoms with van der Waals surface area (Å²) in [6, 6.07) is 13.1. The Kier molecular flexibility index (Phi) is 7.12. The van der Waals surface area contributed by atoms with Crippen molar-refractivity contribution in [3.8, 4) is 0 Å². The first-order chi connectivity index (χ1) is 15.0. The van der Waals surface area contributed by atoms with Crippen LogP contribution in [0.4, 0.5) is 10.8 Å². The number of hydrogen-bond acceptors (Lipinski definition) is 6. The van der Waals surface area contributed by atoms with E-state index in [-0.39, 0.29) is 24.2 Å². The largest absolute Gasteiger partial charge is 0.326 e. The summed E-state index contributed by atoms with van der Waals surface area (Å²) in [6.07, 6.45) is 1.34. The van der Waals surface area contributed by atoms with E-state index in [1.807, 2.05) is 24.3 Å². The minimum Gasteiger partial charge on any atom is -0.326 e. The van der Waals surface area contributed by atoms with Gasteiger partial charge in [0.2, 0.25) is 16.9 Å². The molecule has 0 saturated heterocycles. The first-order valence-corrected chi connectivity index (χ1v) is 12.1. The highest BCUT2D eigenvalue weighted by Crippen LogP contribution is 2.34. The number of amides is 2. The van der Waals surface area contributed by atoms with E-state index in [1.165, 1.54) is 23.1 Å². The summed E-state index contributed by atoms with van der Waals surface area (Å²) >= 11 is 15.1. The van der Waals surface area contributed by atoms with Gasteiger partial charge in [-0.05, 0) is 42.2 Å². The van der Waals surface area contributed by atoms with Gasteiger partial charge >= 0.3 is 0 Å². The second-order valence-electron chi connectivity index (χ2n) is 7.00. The second kappa shape index (κ2) is 9.99. The number of carbonyl (C=O) groups excluding carboxylic acids is 2. The molecule has 1 aliphatic heterocycles. The van der Waals surface area contributed by atoms with Gasteiger partial charge in [-0.15, -0.1) is 10.2 Å². The van der Waals surface area contributed by atoms with Crippen molar-refractivity contribution >= 4 is 68.9 Å².